The number of tetrazole rings is 1. The van der Waals surface area contributed by atoms with Gasteiger partial charge in [-0.25, -0.2) is 35.9 Å². The Bertz CT molecular complexity index is 2600. The van der Waals surface area contributed by atoms with Gasteiger partial charge >= 0.3 is 47.2 Å². The van der Waals surface area contributed by atoms with Gasteiger partial charge in [0.1, 0.15) is 12.2 Å². The van der Waals surface area contributed by atoms with E-state index in [1.807, 2.05) is 37.1 Å². The van der Waals surface area contributed by atoms with E-state index in [1.54, 1.807) is 23.5 Å². The number of thioether (sulfide) groups is 2. The summed E-state index contributed by atoms with van der Waals surface area (Å²) in [5.74, 6) is 2.46. The third-order valence-electron chi connectivity index (χ3n) is 11.8. The van der Waals surface area contributed by atoms with Crippen LogP contribution in [-0.2, 0) is 18.9 Å². The molecule has 27 heteroatoms. The number of unbranched alkanes of at least 4 members (excludes halogenated alkanes) is 2. The number of nitrogens with one attached hydrogen (secondary N) is 3. The van der Waals surface area contributed by atoms with Crippen molar-refractivity contribution in [3.8, 4) is 0 Å². The summed E-state index contributed by atoms with van der Waals surface area (Å²) in [5, 5.41) is 40.9. The molecule has 0 unspecified atom stereocenters. The summed E-state index contributed by atoms with van der Waals surface area (Å²) in [6.45, 7) is 25.5. The minimum absolute atomic E-state index is 0.0716. The van der Waals surface area contributed by atoms with Crippen molar-refractivity contribution >= 4 is 76.1 Å². The molecule has 8 atom stereocenters. The van der Waals surface area contributed by atoms with Crippen LogP contribution in [0.2, 0.25) is 14.8 Å². The molecule has 4 fully saturated rings. The molecule has 9 rings (SSSR count). The molecular formula is C43H68N20O4S2Sn. The maximum absolute atomic E-state index is 7.91. The zero-order valence-electron chi connectivity index (χ0n) is 42.2. The summed E-state index contributed by atoms with van der Waals surface area (Å²) >= 11 is 1.21. The molecule has 5 aromatic rings. The van der Waals surface area contributed by atoms with E-state index in [0.29, 0.717) is 46.2 Å². The molecule has 2 saturated carbocycles. The van der Waals surface area contributed by atoms with Gasteiger partial charge in [-0.05, 0) is 59.8 Å². The molecule has 24 nitrogen and oxygen atoms in total. The van der Waals surface area contributed by atoms with Gasteiger partial charge in [0.05, 0.1) is 30.5 Å². The number of H-pyrrole nitrogens is 1. The number of aromatic amines is 1. The first-order valence-corrected chi connectivity index (χ1v) is 36.2. The van der Waals surface area contributed by atoms with Crippen molar-refractivity contribution < 1.29 is 18.9 Å². The van der Waals surface area contributed by atoms with Crippen molar-refractivity contribution in [2.24, 2.45) is 3.34 Å². The van der Waals surface area contributed by atoms with Crippen LogP contribution >= 0.6 is 23.5 Å². The van der Waals surface area contributed by atoms with E-state index < -0.39 is 30.2 Å². The molecule has 3 N–H and O–H groups in total. The third-order valence-corrected chi connectivity index (χ3v) is 15.9. The van der Waals surface area contributed by atoms with Crippen LogP contribution in [0.15, 0.2) is 13.6 Å². The number of anilines is 2. The number of azide groups is 1. The van der Waals surface area contributed by atoms with Gasteiger partial charge in [0, 0.05) is 24.6 Å². The molecule has 0 aromatic carbocycles. The van der Waals surface area contributed by atoms with E-state index in [2.05, 4.69) is 107 Å². The van der Waals surface area contributed by atoms with Gasteiger partial charge < -0.3 is 34.4 Å². The molecule has 5 aromatic heterocycles. The van der Waals surface area contributed by atoms with Crippen LogP contribution in [0.5, 0.6) is 0 Å². The Morgan fingerprint density at radius 3 is 1.67 bits per heavy atom. The van der Waals surface area contributed by atoms with Crippen LogP contribution in [0.4, 0.5) is 11.6 Å². The topological polar surface area (TPSA) is 282 Å². The molecule has 7 heterocycles. The van der Waals surface area contributed by atoms with E-state index in [0.717, 1.165) is 79.9 Å². The number of ether oxygens (including phenoxy) is 4. The van der Waals surface area contributed by atoms with Crippen molar-refractivity contribution in [1.82, 2.24) is 70.5 Å². The summed E-state index contributed by atoms with van der Waals surface area (Å²) in [7, 11) is 0. The van der Waals surface area contributed by atoms with Crippen LogP contribution in [0.1, 0.15) is 131 Å². The van der Waals surface area contributed by atoms with Gasteiger partial charge in [-0.1, -0.05) is 79.7 Å². The first-order chi connectivity index (χ1) is 33.5. The molecule has 2 aliphatic heterocycles. The number of hydrogen-bond donors (Lipinski definition) is 3. The van der Waals surface area contributed by atoms with E-state index >= 15 is 0 Å². The predicted molar refractivity (Wildman–Crippen MR) is 270 cm³/mol. The van der Waals surface area contributed by atoms with E-state index in [-0.39, 0.29) is 48.5 Å². The quantitative estimate of drug-likeness (QED) is 0.0108. The van der Waals surface area contributed by atoms with Gasteiger partial charge in [-0.15, -0.1) is 20.4 Å². The first kappa shape index (κ1) is 53.6. The van der Waals surface area contributed by atoms with Crippen molar-refractivity contribution in [2.45, 2.75) is 192 Å². The van der Waals surface area contributed by atoms with Gasteiger partial charge in [0.25, 0.3) is 6.04 Å². The van der Waals surface area contributed by atoms with Crippen LogP contribution in [0.25, 0.3) is 37.6 Å². The molecule has 380 valence electrons. The molecule has 0 radical (unpaired) electrons. The van der Waals surface area contributed by atoms with Crippen LogP contribution < -0.4 is 10.6 Å². The molecule has 0 bridgehead atoms. The van der Waals surface area contributed by atoms with E-state index in [4.69, 9.17) is 51.0 Å². The van der Waals surface area contributed by atoms with Crippen LogP contribution in [-0.4, -0.2) is 156 Å². The zero-order chi connectivity index (χ0) is 50.2. The SMILES string of the molecule is CCCCNc1nc(SCCC)nc2c1nnn2[C@@H]1C[C@H](c2nn[nH]n2)[C@H]2OC(C)(C)O[C@H]21.[C-]#[N+][C@H]1C[C@@H](n2nnc3c(NCCCC)nc(SCCC)nc32)[C@@H]2OC(C)(C)O[C@@H]21.[CH3][Sn]([CH3])([CH3])[N]=[N+]=[N-]. The summed E-state index contributed by atoms with van der Waals surface area (Å²) in [5.41, 5.74) is 10.6. The number of fused-ring (bicyclic) bond motifs is 4. The molecule has 2 aliphatic carbocycles. The fraction of sp³-hybridized carbons (Fsp3) is 0.767. The second kappa shape index (κ2) is 23.5. The van der Waals surface area contributed by atoms with Gasteiger partial charge in [0.15, 0.2) is 67.8 Å². The molecule has 4 aliphatic rings. The second-order valence-corrected chi connectivity index (χ2v) is 34.6. The Balaban J connectivity index is 0.000000182. The Morgan fingerprint density at radius 1 is 0.729 bits per heavy atom. The van der Waals surface area contributed by atoms with Crippen molar-refractivity contribution in [2.75, 3.05) is 35.2 Å². The molecule has 0 amide bonds. The molecule has 0 spiro atoms. The monoisotopic (exact) mass is 1110 g/mol. The van der Waals surface area contributed by atoms with Crippen molar-refractivity contribution in [3.05, 3.63) is 27.7 Å². The number of nitrogens with zero attached hydrogens (tertiary/aromatic N) is 17. The molecular weight excluding hydrogens is 1040 g/mol. The number of rotatable bonds is 18. The fourth-order valence-corrected chi connectivity index (χ4v) is 10.9. The van der Waals surface area contributed by atoms with E-state index in [9.17, 15) is 0 Å². The Hall–Kier alpha value is -4.23. The molecule has 2 saturated heterocycles. The number of aromatic nitrogens is 14. The normalized spacial score (nSPS) is 25.1. The summed E-state index contributed by atoms with van der Waals surface area (Å²) < 4.78 is 32.2. The third kappa shape index (κ3) is 12.7. The zero-order valence-corrected chi connectivity index (χ0v) is 46.6. The van der Waals surface area contributed by atoms with Gasteiger partial charge in [0.2, 0.25) is 0 Å². The maximum atomic E-state index is 7.91. The summed E-state index contributed by atoms with van der Waals surface area (Å²) in [6, 6.07) is -0.546. The average Bonchev–Trinajstić information content (AvgIpc) is 4.19. The minimum atomic E-state index is -2.07. The van der Waals surface area contributed by atoms with Crippen molar-refractivity contribution in [1.29, 1.82) is 0 Å². The van der Waals surface area contributed by atoms with Gasteiger partial charge in [-0.2, -0.15) is 5.21 Å². The van der Waals surface area contributed by atoms with Crippen LogP contribution in [0, 0.1) is 6.57 Å². The summed E-state index contributed by atoms with van der Waals surface area (Å²) in [4.78, 5) is 31.8. The Kier molecular flexibility index (Phi) is 18.0. The summed E-state index contributed by atoms with van der Waals surface area (Å²) in [6.07, 6.45) is 6.72. The van der Waals surface area contributed by atoms with Gasteiger partial charge in [-0.3, -0.25) is 0 Å². The first-order valence-electron chi connectivity index (χ1n) is 24.4. The Morgan fingerprint density at radius 2 is 1.23 bits per heavy atom. The predicted octanol–water partition coefficient (Wildman–Crippen LogP) is 8.52. The van der Waals surface area contributed by atoms with Crippen LogP contribution in [0.3, 0.4) is 0 Å². The Labute approximate surface area is 421 Å². The standard InChI is InChI=1S/C20H30N10O2S.C20H29N7O2S.3CH3.N3.Sn/c1-5-7-8-21-17-13-18(23-19(22-17)33-9-6-2)30(29-24-13)12-10-11(16-25-27-28-26-16)14-15(12)32-20(3,4)31-14;1-6-8-9-22-17-14-18(24-19(23-17)30-10-7-2)27(26-25-14)13-11-12(21-5)15-16(13)29-20(3,4)28-15;;;;1-3-2;/h11-12,14-15H,5-10H2,1-4H3,(H,21,22,23)(H,25,26,27,28);12-13,15-16H,6-11H2,1-4H3,(H,22,23,24);3*1H3;;/q;;;;;-1;+1/t11-,12+,14+,15-;12-,13+,15+,16-;;;;;/m00...../s1. The second-order valence-electron chi connectivity index (χ2n) is 19.5. The average molecular weight is 1110 g/mol. The van der Waals surface area contributed by atoms with Crippen molar-refractivity contribution in [3.63, 3.8) is 0 Å². The molecule has 70 heavy (non-hydrogen) atoms. The number of hydrogen-bond acceptors (Lipinski definition) is 20. The fourth-order valence-electron chi connectivity index (χ4n) is 8.80. The van der Waals surface area contributed by atoms with E-state index in [1.165, 1.54) is 0 Å².